The average molecular weight is 351 g/mol. The number of carbonyl (C=O) groups excluding carboxylic acids is 1. The lowest BCUT2D eigenvalue weighted by atomic mass is 10.0. The van der Waals surface area contributed by atoms with E-state index in [4.69, 9.17) is 9.52 Å². The molecule has 0 saturated carbocycles. The van der Waals surface area contributed by atoms with Gasteiger partial charge in [-0.25, -0.2) is 4.79 Å². The first-order valence-corrected chi connectivity index (χ1v) is 8.02. The van der Waals surface area contributed by atoms with Crippen molar-refractivity contribution in [2.24, 2.45) is 0 Å². The summed E-state index contributed by atoms with van der Waals surface area (Å²) < 4.78 is 5.38. The lowest BCUT2D eigenvalue weighted by Crippen LogP contribution is -2.12. The highest BCUT2D eigenvalue weighted by molar-refractivity contribution is 6.01. The van der Waals surface area contributed by atoms with Gasteiger partial charge in [-0.3, -0.25) is 4.79 Å². The summed E-state index contributed by atoms with van der Waals surface area (Å²) in [4.78, 5) is 23.1. The van der Waals surface area contributed by atoms with Crippen LogP contribution < -0.4 is 5.32 Å². The molecule has 2 N–H and O–H groups in total. The number of aromatic carboxylic acids is 1. The molecular formula is C19H17N3O4. The molecule has 1 heterocycles. The third-order valence-electron chi connectivity index (χ3n) is 3.83. The van der Waals surface area contributed by atoms with Crippen LogP contribution in [0.25, 0.3) is 11.5 Å². The van der Waals surface area contributed by atoms with Crippen LogP contribution in [0.15, 0.2) is 52.9 Å². The van der Waals surface area contributed by atoms with Crippen molar-refractivity contribution < 1.29 is 19.1 Å². The number of rotatable bonds is 5. The van der Waals surface area contributed by atoms with Gasteiger partial charge in [0.15, 0.2) is 0 Å². The van der Waals surface area contributed by atoms with Gasteiger partial charge >= 0.3 is 17.8 Å². The largest absolute Gasteiger partial charge is 0.478 e. The molecule has 0 aliphatic carbocycles. The highest BCUT2D eigenvalue weighted by Gasteiger charge is 2.16. The smallest absolute Gasteiger partial charge is 0.335 e. The molecule has 0 unspecified atom stereocenters. The van der Waals surface area contributed by atoms with Crippen LogP contribution in [-0.2, 0) is 0 Å². The van der Waals surface area contributed by atoms with Crippen LogP contribution in [0.2, 0.25) is 0 Å². The van der Waals surface area contributed by atoms with Crippen molar-refractivity contribution in [2.75, 3.05) is 5.32 Å². The number of benzene rings is 2. The summed E-state index contributed by atoms with van der Waals surface area (Å²) in [6.07, 6.45) is 0. The summed E-state index contributed by atoms with van der Waals surface area (Å²) >= 11 is 0. The van der Waals surface area contributed by atoms with Crippen LogP contribution in [0.3, 0.4) is 0 Å². The zero-order valence-electron chi connectivity index (χ0n) is 14.3. The number of anilines is 1. The molecule has 132 valence electrons. The number of carboxylic acids is 1. The molecule has 7 nitrogen and oxygen atoms in total. The summed E-state index contributed by atoms with van der Waals surface area (Å²) in [6, 6.07) is 13.5. The fourth-order valence-electron chi connectivity index (χ4n) is 2.32. The summed E-state index contributed by atoms with van der Waals surface area (Å²) in [7, 11) is 0. The number of hydrogen-bond donors (Lipinski definition) is 2. The molecule has 0 bridgehead atoms. The van der Waals surface area contributed by atoms with Crippen molar-refractivity contribution in [3.05, 3.63) is 65.5 Å². The molecule has 3 rings (SSSR count). The van der Waals surface area contributed by atoms with Gasteiger partial charge in [0, 0.05) is 11.3 Å². The van der Waals surface area contributed by atoms with E-state index in [1.54, 1.807) is 12.1 Å². The first-order valence-electron chi connectivity index (χ1n) is 8.02. The fraction of sp³-hybridized carbons (Fsp3) is 0.158. The second kappa shape index (κ2) is 7.18. The standard InChI is InChI=1S/C19H17N3O4/c1-11(2)12-7-9-15(10-8-12)20-16(23)18-22-21-17(26-18)13-3-5-14(6-4-13)19(24)25/h3-11H,1-2H3,(H,20,23)(H,24,25). The third kappa shape index (κ3) is 3.77. The van der Waals surface area contributed by atoms with E-state index >= 15 is 0 Å². The van der Waals surface area contributed by atoms with Crippen LogP contribution in [0.1, 0.15) is 46.4 Å². The van der Waals surface area contributed by atoms with E-state index in [9.17, 15) is 9.59 Å². The van der Waals surface area contributed by atoms with E-state index < -0.39 is 11.9 Å². The van der Waals surface area contributed by atoms with Crippen LogP contribution in [0, 0.1) is 0 Å². The maximum absolute atomic E-state index is 12.2. The van der Waals surface area contributed by atoms with Crippen molar-refractivity contribution in [2.45, 2.75) is 19.8 Å². The first-order chi connectivity index (χ1) is 12.4. The van der Waals surface area contributed by atoms with Crippen molar-refractivity contribution in [3.8, 4) is 11.5 Å². The minimum atomic E-state index is -1.02. The molecule has 0 atom stereocenters. The summed E-state index contributed by atoms with van der Waals surface area (Å²) in [5, 5.41) is 19.2. The van der Waals surface area contributed by atoms with Crippen molar-refractivity contribution in [1.82, 2.24) is 10.2 Å². The van der Waals surface area contributed by atoms with Crippen LogP contribution in [-0.4, -0.2) is 27.2 Å². The monoisotopic (exact) mass is 351 g/mol. The van der Waals surface area contributed by atoms with Gasteiger partial charge in [0.25, 0.3) is 0 Å². The number of nitrogens with zero attached hydrogens (tertiary/aromatic N) is 2. The quantitative estimate of drug-likeness (QED) is 0.724. The van der Waals surface area contributed by atoms with Crippen molar-refractivity contribution >= 4 is 17.6 Å². The fourth-order valence-corrected chi connectivity index (χ4v) is 2.32. The van der Waals surface area contributed by atoms with Gasteiger partial charge in [-0.05, 0) is 47.9 Å². The second-order valence-electron chi connectivity index (χ2n) is 6.03. The summed E-state index contributed by atoms with van der Waals surface area (Å²) in [5.41, 5.74) is 2.48. The molecule has 0 aliphatic heterocycles. The predicted octanol–water partition coefficient (Wildman–Crippen LogP) is 3.81. The Morgan fingerprint density at radius 1 is 1.00 bits per heavy atom. The molecular weight excluding hydrogens is 334 g/mol. The number of carboxylic acid groups (broad SMARTS) is 1. The molecule has 1 aromatic heterocycles. The van der Waals surface area contributed by atoms with E-state index in [1.807, 2.05) is 24.3 Å². The minimum absolute atomic E-state index is 0.141. The van der Waals surface area contributed by atoms with Crippen LogP contribution in [0.4, 0.5) is 5.69 Å². The van der Waals surface area contributed by atoms with Gasteiger partial charge in [-0.1, -0.05) is 26.0 Å². The molecule has 0 aliphatic rings. The van der Waals surface area contributed by atoms with E-state index in [-0.39, 0.29) is 17.3 Å². The van der Waals surface area contributed by atoms with Crippen molar-refractivity contribution in [1.29, 1.82) is 0 Å². The summed E-state index contributed by atoms with van der Waals surface area (Å²) in [5.74, 6) is -1.16. The molecule has 26 heavy (non-hydrogen) atoms. The Morgan fingerprint density at radius 3 is 2.23 bits per heavy atom. The zero-order chi connectivity index (χ0) is 18.7. The maximum atomic E-state index is 12.2. The highest BCUT2D eigenvalue weighted by Crippen LogP contribution is 2.20. The number of hydrogen-bond acceptors (Lipinski definition) is 5. The molecule has 0 saturated heterocycles. The summed E-state index contributed by atoms with van der Waals surface area (Å²) in [6.45, 7) is 4.19. The third-order valence-corrected chi connectivity index (χ3v) is 3.83. The van der Waals surface area contributed by atoms with Gasteiger partial charge in [0.2, 0.25) is 5.89 Å². The van der Waals surface area contributed by atoms with Crippen molar-refractivity contribution in [3.63, 3.8) is 0 Å². The van der Waals surface area contributed by atoms with Gasteiger partial charge in [-0.15, -0.1) is 10.2 Å². The van der Waals surface area contributed by atoms with Crippen LogP contribution >= 0.6 is 0 Å². The Hall–Kier alpha value is -3.48. The van der Waals surface area contributed by atoms with Gasteiger partial charge in [0.1, 0.15) is 0 Å². The molecule has 2 aromatic carbocycles. The number of nitrogens with one attached hydrogen (secondary N) is 1. The second-order valence-corrected chi connectivity index (χ2v) is 6.03. The van der Waals surface area contributed by atoms with E-state index in [1.165, 1.54) is 17.7 Å². The van der Waals surface area contributed by atoms with Crippen LogP contribution in [0.5, 0.6) is 0 Å². The Kier molecular flexibility index (Phi) is 4.79. The Morgan fingerprint density at radius 2 is 1.65 bits per heavy atom. The molecule has 0 radical (unpaired) electrons. The molecule has 1 amide bonds. The number of carbonyl (C=O) groups is 2. The number of amides is 1. The zero-order valence-corrected chi connectivity index (χ0v) is 14.3. The molecule has 0 fully saturated rings. The SMILES string of the molecule is CC(C)c1ccc(NC(=O)c2nnc(-c3ccc(C(=O)O)cc3)o2)cc1. The first kappa shape index (κ1) is 17.3. The van der Waals surface area contributed by atoms with E-state index in [0.717, 1.165) is 0 Å². The Labute approximate surface area is 149 Å². The lowest BCUT2D eigenvalue weighted by molar-refractivity contribution is 0.0696. The Bertz CT molecular complexity index is 928. The Balaban J connectivity index is 1.72. The number of aromatic nitrogens is 2. The highest BCUT2D eigenvalue weighted by atomic mass is 16.4. The molecule has 7 heteroatoms. The average Bonchev–Trinajstić information content (AvgIpc) is 3.12. The normalized spacial score (nSPS) is 10.7. The predicted molar refractivity (Wildman–Crippen MR) is 95.2 cm³/mol. The topological polar surface area (TPSA) is 105 Å². The maximum Gasteiger partial charge on any atom is 0.335 e. The molecule has 3 aromatic rings. The van der Waals surface area contributed by atoms with E-state index in [2.05, 4.69) is 29.4 Å². The van der Waals surface area contributed by atoms with Gasteiger partial charge < -0.3 is 14.8 Å². The van der Waals surface area contributed by atoms with Gasteiger partial charge in [0.05, 0.1) is 5.56 Å². The lowest BCUT2D eigenvalue weighted by Gasteiger charge is -2.07. The molecule has 0 spiro atoms. The minimum Gasteiger partial charge on any atom is -0.478 e. The van der Waals surface area contributed by atoms with Gasteiger partial charge in [-0.2, -0.15) is 0 Å². The van der Waals surface area contributed by atoms with E-state index in [0.29, 0.717) is 17.2 Å².